The van der Waals surface area contributed by atoms with Crippen LogP contribution in [0.4, 0.5) is 0 Å². The molecule has 0 fully saturated rings. The molecule has 90 valence electrons. The van der Waals surface area contributed by atoms with E-state index in [9.17, 15) is 0 Å². The molecule has 2 heterocycles. The minimum absolute atomic E-state index is 0.763. The minimum atomic E-state index is 0.763. The lowest BCUT2D eigenvalue weighted by atomic mass is 10.3. The monoisotopic (exact) mass is 375 g/mol. The summed E-state index contributed by atoms with van der Waals surface area (Å²) < 4.78 is 2.00. The third kappa shape index (κ3) is 4.13. The molecule has 0 aliphatic rings. The summed E-state index contributed by atoms with van der Waals surface area (Å²) in [4.78, 5) is 8.58. The molecule has 17 heavy (non-hydrogen) atoms. The van der Waals surface area contributed by atoms with Crippen molar-refractivity contribution in [1.29, 1.82) is 0 Å². The fraction of sp³-hybridized carbons (Fsp3) is 0.273. The maximum atomic E-state index is 4.34. The van der Waals surface area contributed by atoms with Crippen LogP contribution in [0.15, 0.2) is 32.8 Å². The van der Waals surface area contributed by atoms with Crippen molar-refractivity contribution in [2.75, 3.05) is 6.54 Å². The fourth-order valence-electron chi connectivity index (χ4n) is 1.35. The van der Waals surface area contributed by atoms with Crippen molar-refractivity contribution in [3.8, 4) is 0 Å². The van der Waals surface area contributed by atoms with Crippen LogP contribution >= 0.6 is 43.2 Å². The molecule has 3 nitrogen and oxygen atoms in total. The van der Waals surface area contributed by atoms with Crippen LogP contribution in [-0.2, 0) is 13.0 Å². The van der Waals surface area contributed by atoms with Crippen LogP contribution in [0.1, 0.15) is 10.7 Å². The van der Waals surface area contributed by atoms with E-state index in [1.54, 1.807) is 11.3 Å². The lowest BCUT2D eigenvalue weighted by Gasteiger charge is -2.05. The largest absolute Gasteiger partial charge is 0.311 e. The predicted octanol–water partition coefficient (Wildman–Crippen LogP) is 3.40. The van der Waals surface area contributed by atoms with Crippen LogP contribution in [-0.4, -0.2) is 16.5 Å². The number of halogens is 2. The summed E-state index contributed by atoms with van der Waals surface area (Å²) in [6.07, 6.45) is 4.61. The second-order valence-corrected chi connectivity index (χ2v) is 6.18. The summed E-state index contributed by atoms with van der Waals surface area (Å²) in [5, 5.41) is 6.53. The van der Waals surface area contributed by atoms with Crippen molar-refractivity contribution >= 4 is 43.2 Å². The van der Waals surface area contributed by atoms with Crippen LogP contribution in [0.2, 0.25) is 0 Å². The third-order valence-electron chi connectivity index (χ3n) is 2.18. The Labute approximate surface area is 121 Å². The summed E-state index contributed by atoms with van der Waals surface area (Å²) in [6.45, 7) is 1.68. The zero-order valence-corrected chi connectivity index (χ0v) is 13.0. The predicted molar refractivity (Wildman–Crippen MR) is 77.2 cm³/mol. The third-order valence-corrected chi connectivity index (χ3v) is 4.14. The molecule has 0 spiro atoms. The second-order valence-electron chi connectivity index (χ2n) is 3.43. The van der Waals surface area contributed by atoms with Crippen molar-refractivity contribution in [2.24, 2.45) is 0 Å². The zero-order chi connectivity index (χ0) is 12.1. The highest BCUT2D eigenvalue weighted by atomic mass is 79.9. The Hall–Kier alpha value is -0.300. The first-order valence-electron chi connectivity index (χ1n) is 5.14. The minimum Gasteiger partial charge on any atom is -0.311 e. The van der Waals surface area contributed by atoms with Crippen LogP contribution in [0.25, 0.3) is 0 Å². The van der Waals surface area contributed by atoms with Gasteiger partial charge in [0.25, 0.3) is 0 Å². The Kier molecular flexibility index (Phi) is 5.09. The van der Waals surface area contributed by atoms with E-state index in [0.717, 1.165) is 34.1 Å². The molecular formula is C11H11Br2N3S. The van der Waals surface area contributed by atoms with Crippen molar-refractivity contribution in [3.05, 3.63) is 43.5 Å². The lowest BCUT2D eigenvalue weighted by Crippen LogP contribution is -2.17. The first-order chi connectivity index (χ1) is 8.25. The van der Waals surface area contributed by atoms with Gasteiger partial charge >= 0.3 is 0 Å². The number of hydrogen-bond donors (Lipinski definition) is 1. The van der Waals surface area contributed by atoms with Gasteiger partial charge < -0.3 is 5.32 Å². The van der Waals surface area contributed by atoms with Gasteiger partial charge in [0.1, 0.15) is 0 Å². The summed E-state index contributed by atoms with van der Waals surface area (Å²) in [5.41, 5.74) is 1.02. The van der Waals surface area contributed by atoms with Crippen LogP contribution in [0.3, 0.4) is 0 Å². The highest BCUT2D eigenvalue weighted by molar-refractivity contribution is 9.11. The molecule has 2 aromatic heterocycles. The Morgan fingerprint density at radius 3 is 2.88 bits per heavy atom. The van der Waals surface area contributed by atoms with Crippen molar-refractivity contribution in [2.45, 2.75) is 13.0 Å². The molecule has 0 radical (unpaired) electrons. The van der Waals surface area contributed by atoms with Gasteiger partial charge in [0.2, 0.25) is 0 Å². The summed E-state index contributed by atoms with van der Waals surface area (Å²) in [7, 11) is 0. The Balaban J connectivity index is 1.78. The highest BCUT2D eigenvalue weighted by Crippen LogP contribution is 2.19. The molecule has 0 aliphatic heterocycles. The van der Waals surface area contributed by atoms with Crippen LogP contribution < -0.4 is 5.32 Å². The first-order valence-corrected chi connectivity index (χ1v) is 7.61. The van der Waals surface area contributed by atoms with E-state index in [2.05, 4.69) is 47.1 Å². The van der Waals surface area contributed by atoms with Crippen molar-refractivity contribution < 1.29 is 0 Å². The average Bonchev–Trinajstić information content (AvgIpc) is 2.79. The van der Waals surface area contributed by atoms with Gasteiger partial charge in [-0.15, -0.1) is 11.3 Å². The number of rotatable bonds is 5. The van der Waals surface area contributed by atoms with E-state index in [-0.39, 0.29) is 0 Å². The average molecular weight is 377 g/mol. The molecule has 1 N–H and O–H groups in total. The molecule has 0 bridgehead atoms. The van der Waals surface area contributed by atoms with Gasteiger partial charge in [-0.3, -0.25) is 4.98 Å². The van der Waals surface area contributed by atoms with E-state index in [0.29, 0.717) is 0 Å². The summed E-state index contributed by atoms with van der Waals surface area (Å²) in [5.74, 6) is 0. The number of aromatic nitrogens is 2. The van der Waals surface area contributed by atoms with Gasteiger partial charge in [-0.2, -0.15) is 0 Å². The van der Waals surface area contributed by atoms with Gasteiger partial charge in [-0.05, 0) is 37.9 Å². The van der Waals surface area contributed by atoms with Crippen molar-refractivity contribution in [1.82, 2.24) is 15.3 Å². The van der Waals surface area contributed by atoms with E-state index >= 15 is 0 Å². The van der Waals surface area contributed by atoms with E-state index < -0.39 is 0 Å². The first kappa shape index (κ1) is 13.1. The highest BCUT2D eigenvalue weighted by Gasteiger charge is 2.02. The lowest BCUT2D eigenvalue weighted by molar-refractivity contribution is 0.671. The van der Waals surface area contributed by atoms with E-state index in [4.69, 9.17) is 0 Å². The van der Waals surface area contributed by atoms with Crippen molar-refractivity contribution in [3.63, 3.8) is 0 Å². The molecule has 2 aromatic rings. The SMILES string of the molecule is Brc1cnc(CNCCc2nccs2)c(Br)c1. The smallest absolute Gasteiger partial charge is 0.0937 e. The molecular weight excluding hydrogens is 366 g/mol. The van der Waals surface area contributed by atoms with Crippen LogP contribution in [0, 0.1) is 0 Å². The standard InChI is InChI=1S/C11H11Br2N3S/c12-8-5-9(13)10(16-6-8)7-14-2-1-11-15-3-4-17-11/h3-6,14H,1-2,7H2. The second kappa shape index (κ2) is 6.58. The molecule has 6 heteroatoms. The van der Waals surface area contributed by atoms with Crippen LogP contribution in [0.5, 0.6) is 0 Å². The number of nitrogens with one attached hydrogen (secondary N) is 1. The fourth-order valence-corrected chi connectivity index (χ4v) is 3.10. The van der Waals surface area contributed by atoms with Gasteiger partial charge in [0.15, 0.2) is 0 Å². The molecule has 0 aliphatic carbocycles. The maximum absolute atomic E-state index is 4.34. The summed E-state index contributed by atoms with van der Waals surface area (Å²) >= 11 is 8.57. The molecule has 0 atom stereocenters. The molecule has 0 aromatic carbocycles. The van der Waals surface area contributed by atoms with Gasteiger partial charge in [0.05, 0.1) is 10.7 Å². The quantitative estimate of drug-likeness (QED) is 0.812. The van der Waals surface area contributed by atoms with Gasteiger partial charge in [0, 0.05) is 46.2 Å². The van der Waals surface area contributed by atoms with E-state index in [1.807, 2.05) is 23.8 Å². The van der Waals surface area contributed by atoms with Gasteiger partial charge in [-0.1, -0.05) is 0 Å². The normalized spacial score (nSPS) is 10.7. The molecule has 2 rings (SSSR count). The van der Waals surface area contributed by atoms with Gasteiger partial charge in [-0.25, -0.2) is 4.98 Å². The molecule has 0 unspecified atom stereocenters. The maximum Gasteiger partial charge on any atom is 0.0937 e. The summed E-state index contributed by atoms with van der Waals surface area (Å²) in [6, 6.07) is 2.00. The molecule has 0 amide bonds. The Morgan fingerprint density at radius 2 is 2.18 bits per heavy atom. The Bertz CT molecular complexity index is 474. The molecule has 0 saturated carbocycles. The number of nitrogens with zero attached hydrogens (tertiary/aromatic N) is 2. The molecule has 0 saturated heterocycles. The van der Waals surface area contributed by atoms with E-state index in [1.165, 1.54) is 5.01 Å². The number of hydrogen-bond acceptors (Lipinski definition) is 4. The zero-order valence-electron chi connectivity index (χ0n) is 8.99. The topological polar surface area (TPSA) is 37.8 Å². The Morgan fingerprint density at radius 1 is 1.29 bits per heavy atom. The number of thiazole rings is 1. The number of pyridine rings is 1.